The smallest absolute Gasteiger partial charge is 0.0897 e. The van der Waals surface area contributed by atoms with Crippen LogP contribution in [0.5, 0.6) is 0 Å². The van der Waals surface area contributed by atoms with Crippen LogP contribution in [0.1, 0.15) is 36.2 Å². The number of nitrogens with one attached hydrogen (secondary N) is 1. The van der Waals surface area contributed by atoms with Crippen LogP contribution in [0.25, 0.3) is 0 Å². The topological polar surface area (TPSA) is 24.9 Å². The van der Waals surface area contributed by atoms with E-state index >= 15 is 0 Å². The zero-order valence-corrected chi connectivity index (χ0v) is 8.74. The number of aromatic nitrogens is 1. The Labute approximate surface area is 78.0 Å². The van der Waals surface area contributed by atoms with Gasteiger partial charge in [0.25, 0.3) is 0 Å². The maximum absolute atomic E-state index is 4.25. The van der Waals surface area contributed by atoms with E-state index in [1.165, 1.54) is 4.88 Å². The van der Waals surface area contributed by atoms with Gasteiger partial charge in [0.1, 0.15) is 0 Å². The first-order valence-electron chi connectivity index (χ1n) is 4.43. The van der Waals surface area contributed by atoms with Gasteiger partial charge >= 0.3 is 0 Å². The summed E-state index contributed by atoms with van der Waals surface area (Å²) in [6, 6.07) is 0.501. The molecule has 0 saturated carbocycles. The maximum atomic E-state index is 4.25. The van der Waals surface area contributed by atoms with E-state index < -0.39 is 0 Å². The van der Waals surface area contributed by atoms with Crippen molar-refractivity contribution in [2.45, 2.75) is 33.2 Å². The molecule has 1 rings (SSSR count). The fourth-order valence-corrected chi connectivity index (χ4v) is 2.18. The number of hydrogen-bond donors (Lipinski definition) is 1. The van der Waals surface area contributed by atoms with E-state index in [4.69, 9.17) is 0 Å². The Morgan fingerprint density at radius 1 is 1.58 bits per heavy atom. The van der Waals surface area contributed by atoms with Crippen LogP contribution in [-0.4, -0.2) is 11.5 Å². The maximum Gasteiger partial charge on any atom is 0.0897 e. The summed E-state index contributed by atoms with van der Waals surface area (Å²) in [5.74, 6) is 0. The Morgan fingerprint density at radius 3 is 2.75 bits per heavy atom. The quantitative estimate of drug-likeness (QED) is 0.777. The van der Waals surface area contributed by atoms with Crippen LogP contribution < -0.4 is 5.32 Å². The number of aryl methyl sites for hydroxylation is 1. The monoisotopic (exact) mass is 184 g/mol. The van der Waals surface area contributed by atoms with Gasteiger partial charge in [-0.05, 0) is 19.9 Å². The van der Waals surface area contributed by atoms with Crippen LogP contribution in [-0.2, 0) is 0 Å². The molecule has 0 aliphatic heterocycles. The zero-order chi connectivity index (χ0) is 8.97. The van der Waals surface area contributed by atoms with Gasteiger partial charge in [0.15, 0.2) is 0 Å². The van der Waals surface area contributed by atoms with E-state index in [1.807, 2.05) is 13.1 Å². The summed E-state index contributed by atoms with van der Waals surface area (Å²) < 4.78 is 0. The lowest BCUT2D eigenvalue weighted by Crippen LogP contribution is -2.18. The molecule has 1 aromatic heterocycles. The Balaban J connectivity index is 2.66. The molecule has 0 radical (unpaired) electrons. The minimum Gasteiger partial charge on any atom is -0.309 e. The molecule has 2 nitrogen and oxygen atoms in total. The first-order valence-corrected chi connectivity index (χ1v) is 5.25. The third-order valence-electron chi connectivity index (χ3n) is 1.84. The summed E-state index contributed by atoms with van der Waals surface area (Å²) in [6.45, 7) is 7.40. The average molecular weight is 184 g/mol. The minimum atomic E-state index is 0.501. The molecule has 0 aliphatic carbocycles. The lowest BCUT2D eigenvalue weighted by Gasteiger charge is -2.12. The third kappa shape index (κ3) is 2.29. The molecule has 0 fully saturated rings. The molecule has 0 saturated heterocycles. The summed E-state index contributed by atoms with van der Waals surface area (Å²) in [6.07, 6.45) is 3.12. The lowest BCUT2D eigenvalue weighted by atomic mass is 10.2. The highest BCUT2D eigenvalue weighted by atomic mass is 32.1. The van der Waals surface area contributed by atoms with Crippen molar-refractivity contribution in [1.29, 1.82) is 0 Å². The Hall–Kier alpha value is -0.410. The standard InChI is InChI=1S/C9H16N2S/c1-4-8(10-5-2)9-6-11-7(3)12-9/h6,8,10H,4-5H2,1-3H3. The van der Waals surface area contributed by atoms with Crippen LogP contribution in [0.15, 0.2) is 6.20 Å². The molecule has 1 atom stereocenters. The first-order chi connectivity index (χ1) is 5.77. The van der Waals surface area contributed by atoms with Crippen molar-refractivity contribution in [2.75, 3.05) is 6.54 Å². The van der Waals surface area contributed by atoms with Crippen molar-refractivity contribution < 1.29 is 0 Å². The fraction of sp³-hybridized carbons (Fsp3) is 0.667. The largest absolute Gasteiger partial charge is 0.309 e. The van der Waals surface area contributed by atoms with E-state index in [0.29, 0.717) is 6.04 Å². The Kier molecular flexibility index (Phi) is 3.69. The molecule has 0 amide bonds. The van der Waals surface area contributed by atoms with E-state index in [9.17, 15) is 0 Å². The van der Waals surface area contributed by atoms with Gasteiger partial charge in [-0.15, -0.1) is 11.3 Å². The van der Waals surface area contributed by atoms with Crippen molar-refractivity contribution in [3.63, 3.8) is 0 Å². The van der Waals surface area contributed by atoms with E-state index in [-0.39, 0.29) is 0 Å². The van der Waals surface area contributed by atoms with Gasteiger partial charge in [-0.1, -0.05) is 13.8 Å². The molecule has 0 aromatic carbocycles. The minimum absolute atomic E-state index is 0.501. The number of hydrogen-bond acceptors (Lipinski definition) is 3. The lowest BCUT2D eigenvalue weighted by molar-refractivity contribution is 0.545. The summed E-state index contributed by atoms with van der Waals surface area (Å²) in [7, 11) is 0. The number of nitrogens with zero attached hydrogens (tertiary/aromatic N) is 1. The van der Waals surface area contributed by atoms with E-state index in [2.05, 4.69) is 24.1 Å². The van der Waals surface area contributed by atoms with Crippen LogP contribution >= 0.6 is 11.3 Å². The predicted octanol–water partition coefficient (Wildman–Crippen LogP) is 2.51. The number of thiazole rings is 1. The molecule has 1 unspecified atom stereocenters. The fourth-order valence-electron chi connectivity index (χ4n) is 1.23. The van der Waals surface area contributed by atoms with Crippen molar-refractivity contribution in [3.8, 4) is 0 Å². The Morgan fingerprint density at radius 2 is 2.33 bits per heavy atom. The molecular formula is C9H16N2S. The summed E-state index contributed by atoms with van der Waals surface area (Å²) in [5.41, 5.74) is 0. The van der Waals surface area contributed by atoms with Gasteiger partial charge in [0.2, 0.25) is 0 Å². The molecular weight excluding hydrogens is 168 g/mol. The number of rotatable bonds is 4. The molecule has 1 N–H and O–H groups in total. The molecule has 3 heteroatoms. The van der Waals surface area contributed by atoms with Gasteiger partial charge in [0, 0.05) is 17.1 Å². The molecule has 0 spiro atoms. The molecule has 1 heterocycles. The van der Waals surface area contributed by atoms with Crippen molar-refractivity contribution in [2.24, 2.45) is 0 Å². The van der Waals surface area contributed by atoms with Gasteiger partial charge in [-0.2, -0.15) is 0 Å². The zero-order valence-electron chi connectivity index (χ0n) is 7.92. The highest BCUT2D eigenvalue weighted by molar-refractivity contribution is 7.11. The van der Waals surface area contributed by atoms with Crippen molar-refractivity contribution >= 4 is 11.3 Å². The first kappa shape index (κ1) is 9.68. The van der Waals surface area contributed by atoms with Gasteiger partial charge in [0.05, 0.1) is 5.01 Å². The van der Waals surface area contributed by atoms with Gasteiger partial charge in [-0.25, -0.2) is 4.98 Å². The third-order valence-corrected chi connectivity index (χ3v) is 2.87. The summed E-state index contributed by atoms with van der Waals surface area (Å²) >= 11 is 1.79. The Bertz CT molecular complexity index is 232. The second kappa shape index (κ2) is 4.58. The summed E-state index contributed by atoms with van der Waals surface area (Å²) in [4.78, 5) is 5.60. The SMILES string of the molecule is CCNC(CC)c1cnc(C)s1. The molecule has 68 valence electrons. The van der Waals surface area contributed by atoms with Crippen LogP contribution in [0.2, 0.25) is 0 Å². The van der Waals surface area contributed by atoms with Crippen LogP contribution in [0.4, 0.5) is 0 Å². The van der Waals surface area contributed by atoms with Crippen molar-refractivity contribution in [3.05, 3.63) is 16.1 Å². The summed E-state index contributed by atoms with van der Waals surface area (Å²) in [5, 5.41) is 4.59. The molecule has 12 heavy (non-hydrogen) atoms. The second-order valence-corrected chi connectivity index (χ2v) is 4.07. The molecule has 0 bridgehead atoms. The van der Waals surface area contributed by atoms with E-state index in [0.717, 1.165) is 18.0 Å². The van der Waals surface area contributed by atoms with Gasteiger partial charge in [-0.3, -0.25) is 0 Å². The van der Waals surface area contributed by atoms with Crippen LogP contribution in [0, 0.1) is 6.92 Å². The van der Waals surface area contributed by atoms with Gasteiger partial charge < -0.3 is 5.32 Å². The average Bonchev–Trinajstić information content (AvgIpc) is 2.47. The highest BCUT2D eigenvalue weighted by Crippen LogP contribution is 2.22. The van der Waals surface area contributed by atoms with Crippen molar-refractivity contribution in [1.82, 2.24) is 10.3 Å². The molecule has 0 aliphatic rings. The second-order valence-electron chi connectivity index (χ2n) is 2.80. The molecule has 1 aromatic rings. The van der Waals surface area contributed by atoms with E-state index in [1.54, 1.807) is 11.3 Å². The van der Waals surface area contributed by atoms with Crippen LogP contribution in [0.3, 0.4) is 0 Å². The normalized spacial score (nSPS) is 13.2. The predicted molar refractivity (Wildman–Crippen MR) is 53.6 cm³/mol. The highest BCUT2D eigenvalue weighted by Gasteiger charge is 2.09.